The number of Topliss-reactive ketones (excluding diaryl/α,β-unsaturated/α-hetero) is 5. The number of aryl methyl sites for hydroxylation is 2. The summed E-state index contributed by atoms with van der Waals surface area (Å²) in [7, 11) is 8.62. The van der Waals surface area contributed by atoms with Gasteiger partial charge in [0.25, 0.3) is 0 Å². The van der Waals surface area contributed by atoms with Crippen molar-refractivity contribution in [2.45, 2.75) is 52.1 Å². The first-order valence-electron chi connectivity index (χ1n) is 37.0. The van der Waals surface area contributed by atoms with E-state index in [1.165, 1.54) is 140 Å². The smallest absolute Gasteiger partial charge is 0.342 e. The van der Waals surface area contributed by atoms with Gasteiger partial charge >= 0.3 is 6.18 Å². The lowest BCUT2D eigenvalue weighted by atomic mass is 10.0. The van der Waals surface area contributed by atoms with Crippen molar-refractivity contribution in [1.29, 1.82) is 0 Å². The van der Waals surface area contributed by atoms with E-state index >= 15 is 0 Å². The fourth-order valence-corrected chi connectivity index (χ4v) is 13.8. The number of aromatic nitrogens is 15. The molecule has 25 nitrogen and oxygen atoms in total. The molecule has 0 atom stereocenters. The minimum absolute atomic E-state index is 0.0258. The highest BCUT2D eigenvalue weighted by Crippen LogP contribution is 2.34. The molecule has 5 aromatic carbocycles. The van der Waals surface area contributed by atoms with Crippen LogP contribution >= 0.6 is 34.0 Å². The number of hydrogen-bond acceptors (Lipinski definition) is 28. The summed E-state index contributed by atoms with van der Waals surface area (Å²) in [6.45, 7) is 3.42. The summed E-state index contributed by atoms with van der Waals surface area (Å²) in [5.41, 5.74) is 6.95. The van der Waals surface area contributed by atoms with E-state index < -0.39 is 63.3 Å². The van der Waals surface area contributed by atoms with Gasteiger partial charge in [-0.25, -0.2) is 91.1 Å². The number of alkyl halides is 3. The minimum atomic E-state index is -4.53. The molecule has 0 N–H and O–H groups in total. The lowest BCUT2D eigenvalue weighted by Crippen LogP contribution is -2.13. The van der Waals surface area contributed by atoms with E-state index in [9.17, 15) is 67.9 Å². The van der Waals surface area contributed by atoms with Crippen LogP contribution in [-0.4, -0.2) is 139 Å². The van der Waals surface area contributed by atoms with Crippen LogP contribution in [-0.2, 0) is 38.3 Å². The Morgan fingerprint density at radius 1 is 0.352 bits per heavy atom. The van der Waals surface area contributed by atoms with Gasteiger partial charge in [-0.1, -0.05) is 11.3 Å². The van der Waals surface area contributed by atoms with Crippen LogP contribution in [0.3, 0.4) is 0 Å². The average Bonchev–Trinajstić information content (AvgIpc) is 1.11. The maximum absolute atomic E-state index is 14.0. The van der Waals surface area contributed by atoms with Crippen LogP contribution < -0.4 is 24.5 Å². The molecular formula is C87H70F10N20O5S3. The number of carbonyl (C=O) groups is 5. The molecule has 0 spiro atoms. The third kappa shape index (κ3) is 25.9. The second kappa shape index (κ2) is 42.7. The molecule has 0 amide bonds. The van der Waals surface area contributed by atoms with E-state index in [2.05, 4.69) is 74.8 Å². The molecule has 125 heavy (non-hydrogen) atoms. The minimum Gasteiger partial charge on any atom is -0.342 e. The van der Waals surface area contributed by atoms with E-state index in [1.54, 1.807) is 140 Å². The maximum atomic E-state index is 14.0. The standard InChI is InChI=1S/C19H14F4N4O.C18H14F2N4O.C17H14F2N4OS.C17H15FN4OS.C16H13FN4OS/c1-27(17-9-24-11-25-10-17)16-5-12(4-14(20)7-16)18(28)8-15-6-13(2-3-26-15)19(21,22)23;1-24(15-9-21-11-22-10-15)14-6-12(5-13(19)7-14)18(25)8-17-16(20)3-2-4-23-17;1-10-17(19)25-16(22-10)6-15(24)11-3-12(18)5-13(4-11)23(2)14-7-20-9-21-8-14;1-11-9-24-17(21-11)6-16(23)12-3-13(18)5-14(4-12)22(2)15-7-19-10-20-8-15;1-21(14-8-18-10-19-9-14)13-5-11(4-12(17)6-13)15(22)7-16-20-2-3-23-16/h2-7,9-11H,8H2,1H3;2-7,9-11H,8H2,1H3;3-5,7-9H,6H2,1-2H3;3-5,7-10H,6H2,1-2H3;2-6,8-10H,7H2,1H3. The molecule has 15 aromatic rings. The zero-order chi connectivity index (χ0) is 89.4. The van der Waals surface area contributed by atoms with E-state index in [4.69, 9.17) is 0 Å². The van der Waals surface area contributed by atoms with Crippen LogP contribution in [0.4, 0.5) is 101 Å². The molecule has 0 aliphatic carbocycles. The zero-order valence-corrected chi connectivity index (χ0v) is 69.5. The predicted molar refractivity (Wildman–Crippen MR) is 452 cm³/mol. The van der Waals surface area contributed by atoms with Crippen molar-refractivity contribution in [3.8, 4) is 0 Å². The molecule has 0 radical (unpaired) electrons. The number of rotatable bonds is 25. The molecule has 15 rings (SSSR count). The highest BCUT2D eigenvalue weighted by Gasteiger charge is 2.31. The molecule has 636 valence electrons. The van der Waals surface area contributed by atoms with Gasteiger partial charge in [0.2, 0.25) is 0 Å². The van der Waals surface area contributed by atoms with Gasteiger partial charge in [-0.2, -0.15) is 17.6 Å². The Kier molecular flexibility index (Phi) is 31.1. The topological polar surface area (TPSA) is 295 Å². The number of thiazole rings is 3. The number of anilines is 10. The normalized spacial score (nSPS) is 10.8. The second-order valence-corrected chi connectivity index (χ2v) is 30.0. The summed E-state index contributed by atoms with van der Waals surface area (Å²) in [5, 5.41) is 5.10. The van der Waals surface area contributed by atoms with Crippen LogP contribution in [0.5, 0.6) is 0 Å². The molecule has 10 aromatic heterocycles. The van der Waals surface area contributed by atoms with Crippen LogP contribution in [0, 0.1) is 53.9 Å². The Morgan fingerprint density at radius 2 is 0.696 bits per heavy atom. The quantitative estimate of drug-likeness (QED) is 0.0379. The number of ketones is 5. The summed E-state index contributed by atoms with van der Waals surface area (Å²) in [4.78, 5) is 130. The van der Waals surface area contributed by atoms with Crippen molar-refractivity contribution in [1.82, 2.24) is 74.8 Å². The van der Waals surface area contributed by atoms with Crippen molar-refractivity contribution in [3.63, 3.8) is 0 Å². The van der Waals surface area contributed by atoms with Crippen LogP contribution in [0.15, 0.2) is 238 Å². The summed E-state index contributed by atoms with van der Waals surface area (Å²) >= 11 is 3.67. The first-order chi connectivity index (χ1) is 59.9. The molecule has 0 bridgehead atoms. The van der Waals surface area contributed by atoms with Crippen molar-refractivity contribution in [2.75, 3.05) is 59.7 Å². The maximum Gasteiger partial charge on any atom is 0.416 e. The molecule has 0 aliphatic rings. The first-order valence-corrected chi connectivity index (χ1v) is 39.6. The number of nitrogens with zero attached hydrogens (tertiary/aromatic N) is 20. The fraction of sp³-hybridized carbons (Fsp3) is 0.149. The number of pyridine rings is 2. The van der Waals surface area contributed by atoms with Gasteiger partial charge in [-0.15, -0.1) is 22.7 Å². The third-order valence-electron chi connectivity index (χ3n) is 18.1. The summed E-state index contributed by atoms with van der Waals surface area (Å²) in [6.07, 6.45) is 22.0. The Hall–Kier alpha value is -14.7. The number of halogens is 10. The first kappa shape index (κ1) is 91.1. The van der Waals surface area contributed by atoms with Gasteiger partial charge in [0.15, 0.2) is 34.0 Å². The third-order valence-corrected chi connectivity index (χ3v) is 20.8. The molecule has 0 aliphatic heterocycles. The van der Waals surface area contributed by atoms with Crippen molar-refractivity contribution in [2.24, 2.45) is 0 Å². The molecule has 0 saturated heterocycles. The SMILES string of the molecule is CN(c1cncnc1)c1cc(F)cc(C(=O)Cc2cc(C(F)(F)F)ccn2)c1.CN(c1cncnc1)c1cc(F)cc(C(=O)Cc2ncccc2F)c1.CN(c1cncnc1)c1cc(F)cc(C(=O)Cc2nccs2)c1.Cc1csc(CC(=O)c2cc(F)cc(N(C)c3cncnc3)c2)n1.Cc1nc(CC(=O)c2cc(F)cc(N(C)c3cncnc3)c2)sc1F. The van der Waals surface area contributed by atoms with Gasteiger partial charge in [0, 0.05) is 132 Å². The lowest BCUT2D eigenvalue weighted by molar-refractivity contribution is -0.137. The van der Waals surface area contributed by atoms with Gasteiger partial charge in [-0.05, 0) is 129 Å². The molecule has 0 saturated carbocycles. The number of carbonyl (C=O) groups excluding carboxylic acids is 5. The summed E-state index contributed by atoms with van der Waals surface area (Å²) in [5.74, 6) is -4.87. The zero-order valence-electron chi connectivity index (χ0n) is 67.0. The van der Waals surface area contributed by atoms with Crippen LogP contribution in [0.25, 0.3) is 0 Å². The molecule has 10 heterocycles. The summed E-state index contributed by atoms with van der Waals surface area (Å²) < 4.78 is 135. The number of benzene rings is 5. The lowest BCUT2D eigenvalue weighted by Gasteiger charge is -2.19. The van der Waals surface area contributed by atoms with Crippen molar-refractivity contribution < 1.29 is 67.9 Å². The Bertz CT molecular complexity index is 6210. The molecule has 0 fully saturated rings. The molecule has 0 unspecified atom stereocenters. The van der Waals surface area contributed by atoms with Gasteiger partial charge < -0.3 is 24.5 Å². The van der Waals surface area contributed by atoms with E-state index in [1.807, 2.05) is 17.7 Å². The Morgan fingerprint density at radius 3 is 1.01 bits per heavy atom. The van der Waals surface area contributed by atoms with E-state index in [0.29, 0.717) is 78.0 Å². The monoisotopic (exact) mass is 1760 g/mol. The van der Waals surface area contributed by atoms with E-state index in [0.717, 1.165) is 58.6 Å². The van der Waals surface area contributed by atoms with Gasteiger partial charge in [0.05, 0.1) is 139 Å². The Balaban J connectivity index is 0.000000152. The van der Waals surface area contributed by atoms with Crippen molar-refractivity contribution in [3.05, 3.63) is 349 Å². The largest absolute Gasteiger partial charge is 0.416 e. The van der Waals surface area contributed by atoms with Crippen LogP contribution in [0.2, 0.25) is 0 Å². The van der Waals surface area contributed by atoms with Gasteiger partial charge in [0.1, 0.15) is 81.6 Å². The molecular weight excluding hydrogens is 1690 g/mol. The van der Waals surface area contributed by atoms with Crippen molar-refractivity contribution >= 4 is 120 Å². The predicted octanol–water partition coefficient (Wildman–Crippen LogP) is 18.1. The summed E-state index contributed by atoms with van der Waals surface area (Å²) in [6, 6.07) is 24.6. The Labute approximate surface area is 719 Å². The highest BCUT2D eigenvalue weighted by atomic mass is 32.1. The number of hydrogen-bond donors (Lipinski definition) is 0. The highest BCUT2D eigenvalue weighted by molar-refractivity contribution is 7.10. The van der Waals surface area contributed by atoms with E-state index in [-0.39, 0.29) is 83.2 Å². The average molecular weight is 1760 g/mol. The molecule has 38 heteroatoms. The van der Waals surface area contributed by atoms with Gasteiger partial charge in [-0.3, -0.25) is 33.9 Å². The fourth-order valence-electron chi connectivity index (χ4n) is 11.6. The second-order valence-electron chi connectivity index (χ2n) is 27.0. The van der Waals surface area contributed by atoms with Crippen LogP contribution in [0.1, 0.15) is 95.2 Å².